The maximum atomic E-state index is 11.8. The van der Waals surface area contributed by atoms with Crippen LogP contribution in [0.5, 0.6) is 0 Å². The Morgan fingerprint density at radius 3 is 2.73 bits per heavy atom. The number of carbonyl (C=O) groups is 2. The summed E-state index contributed by atoms with van der Waals surface area (Å²) in [5.41, 5.74) is -0.653. The first-order valence-electron chi connectivity index (χ1n) is 5.16. The van der Waals surface area contributed by atoms with Crippen LogP contribution in [0.3, 0.4) is 0 Å². The van der Waals surface area contributed by atoms with Crippen molar-refractivity contribution in [3.05, 3.63) is 0 Å². The molecule has 0 saturated carbocycles. The fourth-order valence-corrected chi connectivity index (χ4v) is 1.44. The van der Waals surface area contributed by atoms with E-state index in [9.17, 15) is 9.59 Å². The lowest BCUT2D eigenvalue weighted by atomic mass is 10.0. The van der Waals surface area contributed by atoms with E-state index in [0.29, 0.717) is 19.8 Å². The first kappa shape index (κ1) is 12.1. The van der Waals surface area contributed by atoms with Crippen molar-refractivity contribution in [1.82, 2.24) is 10.2 Å². The molecule has 0 aromatic heterocycles. The Kier molecular flexibility index (Phi) is 3.82. The molecule has 5 heteroatoms. The van der Waals surface area contributed by atoms with Gasteiger partial charge >= 0.3 is 0 Å². The van der Waals surface area contributed by atoms with Gasteiger partial charge in [0.25, 0.3) is 0 Å². The third-order valence-corrected chi connectivity index (χ3v) is 2.43. The SMILES string of the molecule is CCOCCN1C(=O)CNC(C)(C)C1=O. The third kappa shape index (κ3) is 2.76. The molecular formula is C10H18N2O3. The van der Waals surface area contributed by atoms with Gasteiger partial charge in [0.05, 0.1) is 25.2 Å². The summed E-state index contributed by atoms with van der Waals surface area (Å²) in [6.07, 6.45) is 0. The summed E-state index contributed by atoms with van der Waals surface area (Å²) < 4.78 is 5.13. The average Bonchev–Trinajstić information content (AvgIpc) is 2.18. The molecule has 0 aromatic carbocycles. The van der Waals surface area contributed by atoms with Crippen LogP contribution in [-0.4, -0.2) is 48.6 Å². The largest absolute Gasteiger partial charge is 0.380 e. The molecule has 0 aromatic rings. The van der Waals surface area contributed by atoms with Crippen molar-refractivity contribution in [2.24, 2.45) is 0 Å². The van der Waals surface area contributed by atoms with Crippen LogP contribution in [0.25, 0.3) is 0 Å². The van der Waals surface area contributed by atoms with Crippen molar-refractivity contribution in [2.75, 3.05) is 26.3 Å². The van der Waals surface area contributed by atoms with E-state index in [1.165, 1.54) is 4.90 Å². The first-order chi connectivity index (χ1) is 6.99. The number of hydrogen-bond donors (Lipinski definition) is 1. The minimum Gasteiger partial charge on any atom is -0.380 e. The summed E-state index contributed by atoms with van der Waals surface area (Å²) in [7, 11) is 0. The number of ether oxygens (including phenoxy) is 1. The summed E-state index contributed by atoms with van der Waals surface area (Å²) in [6.45, 7) is 6.99. The highest BCUT2D eigenvalue weighted by molar-refractivity contribution is 6.02. The second-order valence-corrected chi connectivity index (χ2v) is 4.03. The maximum Gasteiger partial charge on any atom is 0.249 e. The zero-order valence-electron chi connectivity index (χ0n) is 9.50. The topological polar surface area (TPSA) is 58.6 Å². The Balaban J connectivity index is 2.59. The lowest BCUT2D eigenvalue weighted by Gasteiger charge is -2.36. The van der Waals surface area contributed by atoms with Crippen molar-refractivity contribution >= 4 is 11.8 Å². The number of hydrogen-bond acceptors (Lipinski definition) is 4. The van der Waals surface area contributed by atoms with Gasteiger partial charge in [-0.15, -0.1) is 0 Å². The standard InChI is InChI=1S/C10H18N2O3/c1-4-15-6-5-12-8(13)7-11-10(2,3)9(12)14/h11H,4-7H2,1-3H3. The molecule has 1 fully saturated rings. The Morgan fingerprint density at radius 2 is 2.13 bits per heavy atom. The molecule has 1 N–H and O–H groups in total. The number of nitrogens with zero attached hydrogens (tertiary/aromatic N) is 1. The molecule has 2 amide bonds. The van der Waals surface area contributed by atoms with Crippen LogP contribution in [0.1, 0.15) is 20.8 Å². The second-order valence-electron chi connectivity index (χ2n) is 4.03. The molecular weight excluding hydrogens is 196 g/mol. The summed E-state index contributed by atoms with van der Waals surface area (Å²) in [5, 5.41) is 2.90. The van der Waals surface area contributed by atoms with Crippen molar-refractivity contribution in [2.45, 2.75) is 26.3 Å². The van der Waals surface area contributed by atoms with E-state index in [-0.39, 0.29) is 18.4 Å². The monoisotopic (exact) mass is 214 g/mol. The van der Waals surface area contributed by atoms with Crippen LogP contribution < -0.4 is 5.32 Å². The highest BCUT2D eigenvalue weighted by Gasteiger charge is 2.39. The van der Waals surface area contributed by atoms with E-state index in [2.05, 4.69) is 5.32 Å². The lowest BCUT2D eigenvalue weighted by Crippen LogP contribution is -2.64. The number of rotatable bonds is 4. The minimum atomic E-state index is -0.653. The Hall–Kier alpha value is -0.940. The number of amides is 2. The zero-order valence-corrected chi connectivity index (χ0v) is 9.50. The van der Waals surface area contributed by atoms with Gasteiger partial charge in [-0.3, -0.25) is 19.8 Å². The highest BCUT2D eigenvalue weighted by atomic mass is 16.5. The van der Waals surface area contributed by atoms with Crippen LogP contribution in [0.4, 0.5) is 0 Å². The van der Waals surface area contributed by atoms with Crippen LogP contribution >= 0.6 is 0 Å². The van der Waals surface area contributed by atoms with Crippen molar-refractivity contribution in [3.63, 3.8) is 0 Å². The van der Waals surface area contributed by atoms with Gasteiger partial charge in [0.2, 0.25) is 11.8 Å². The molecule has 1 heterocycles. The molecule has 0 aliphatic carbocycles. The normalized spacial score (nSPS) is 20.9. The van der Waals surface area contributed by atoms with E-state index in [1.807, 2.05) is 6.92 Å². The molecule has 1 saturated heterocycles. The number of piperazine rings is 1. The van der Waals surface area contributed by atoms with Crippen molar-refractivity contribution in [3.8, 4) is 0 Å². The Labute approximate surface area is 89.8 Å². The summed E-state index contributed by atoms with van der Waals surface area (Å²) in [6, 6.07) is 0. The molecule has 0 unspecified atom stereocenters. The minimum absolute atomic E-state index is 0.181. The van der Waals surface area contributed by atoms with Gasteiger partial charge in [0.1, 0.15) is 0 Å². The fourth-order valence-electron chi connectivity index (χ4n) is 1.44. The zero-order chi connectivity index (χ0) is 11.5. The molecule has 5 nitrogen and oxygen atoms in total. The number of imide groups is 1. The average molecular weight is 214 g/mol. The molecule has 86 valence electrons. The van der Waals surface area contributed by atoms with E-state index in [4.69, 9.17) is 4.74 Å². The molecule has 0 spiro atoms. The van der Waals surface area contributed by atoms with Gasteiger partial charge in [-0.1, -0.05) is 0 Å². The highest BCUT2D eigenvalue weighted by Crippen LogP contribution is 2.12. The first-order valence-corrected chi connectivity index (χ1v) is 5.16. The number of nitrogens with one attached hydrogen (secondary N) is 1. The Bertz CT molecular complexity index is 263. The molecule has 1 aliphatic heterocycles. The maximum absolute atomic E-state index is 11.8. The predicted molar refractivity (Wildman–Crippen MR) is 55.3 cm³/mol. The van der Waals surface area contributed by atoms with Crippen molar-refractivity contribution in [1.29, 1.82) is 0 Å². The van der Waals surface area contributed by atoms with E-state index < -0.39 is 5.54 Å². The lowest BCUT2D eigenvalue weighted by molar-refractivity contribution is -0.153. The molecule has 1 rings (SSSR count). The van der Waals surface area contributed by atoms with Crippen molar-refractivity contribution < 1.29 is 14.3 Å². The molecule has 15 heavy (non-hydrogen) atoms. The van der Waals surface area contributed by atoms with Gasteiger partial charge in [-0.25, -0.2) is 0 Å². The summed E-state index contributed by atoms with van der Waals surface area (Å²) >= 11 is 0. The third-order valence-electron chi connectivity index (χ3n) is 2.43. The summed E-state index contributed by atoms with van der Waals surface area (Å²) in [4.78, 5) is 24.6. The van der Waals surface area contributed by atoms with E-state index in [0.717, 1.165) is 0 Å². The predicted octanol–water partition coefficient (Wildman–Crippen LogP) is -0.240. The van der Waals surface area contributed by atoms with Crippen LogP contribution in [0.15, 0.2) is 0 Å². The van der Waals surface area contributed by atoms with Gasteiger partial charge < -0.3 is 4.74 Å². The van der Waals surface area contributed by atoms with Gasteiger partial charge in [-0.05, 0) is 20.8 Å². The number of carbonyl (C=O) groups excluding carboxylic acids is 2. The molecule has 0 atom stereocenters. The molecule has 0 bridgehead atoms. The van der Waals surface area contributed by atoms with E-state index in [1.54, 1.807) is 13.8 Å². The fraction of sp³-hybridized carbons (Fsp3) is 0.800. The van der Waals surface area contributed by atoms with Gasteiger partial charge in [0, 0.05) is 6.61 Å². The van der Waals surface area contributed by atoms with Crippen LogP contribution in [0.2, 0.25) is 0 Å². The molecule has 1 aliphatic rings. The quantitative estimate of drug-likeness (QED) is 0.518. The van der Waals surface area contributed by atoms with Crippen LogP contribution in [-0.2, 0) is 14.3 Å². The Morgan fingerprint density at radius 1 is 1.47 bits per heavy atom. The second kappa shape index (κ2) is 4.72. The van der Waals surface area contributed by atoms with Crippen LogP contribution in [0, 0.1) is 0 Å². The smallest absolute Gasteiger partial charge is 0.249 e. The molecule has 0 radical (unpaired) electrons. The van der Waals surface area contributed by atoms with Gasteiger partial charge in [0.15, 0.2) is 0 Å². The van der Waals surface area contributed by atoms with E-state index >= 15 is 0 Å². The van der Waals surface area contributed by atoms with Gasteiger partial charge in [-0.2, -0.15) is 0 Å². The summed E-state index contributed by atoms with van der Waals surface area (Å²) in [5.74, 6) is -0.363.